The van der Waals surface area contributed by atoms with E-state index in [1.165, 1.54) is 18.7 Å². The standard InChI is InChI=1S/C16H13N3O4S/c1-2-22-15(21)13-12(11-4-3-9-23-11)18-16(24-13)19-14(20)10-5-7-17-8-6-10/h3-9H,2H2,1H3,(H,18,19,20). The summed E-state index contributed by atoms with van der Waals surface area (Å²) < 4.78 is 10.3. The molecule has 0 spiro atoms. The lowest BCUT2D eigenvalue weighted by Gasteiger charge is -2.00. The second kappa shape index (κ2) is 7.05. The highest BCUT2D eigenvalue weighted by Gasteiger charge is 2.23. The fourth-order valence-corrected chi connectivity index (χ4v) is 2.82. The third kappa shape index (κ3) is 3.33. The molecule has 3 aromatic heterocycles. The van der Waals surface area contributed by atoms with E-state index in [4.69, 9.17) is 9.15 Å². The van der Waals surface area contributed by atoms with Gasteiger partial charge in [-0.2, -0.15) is 0 Å². The van der Waals surface area contributed by atoms with Gasteiger partial charge in [-0.1, -0.05) is 11.3 Å². The molecule has 1 amide bonds. The predicted octanol–water partition coefficient (Wildman–Crippen LogP) is 3.23. The highest BCUT2D eigenvalue weighted by Crippen LogP contribution is 2.32. The van der Waals surface area contributed by atoms with Crippen LogP contribution in [0.2, 0.25) is 0 Å². The van der Waals surface area contributed by atoms with Crippen molar-refractivity contribution in [1.29, 1.82) is 0 Å². The first-order valence-electron chi connectivity index (χ1n) is 7.12. The van der Waals surface area contributed by atoms with Crippen LogP contribution in [0.15, 0.2) is 47.3 Å². The fraction of sp³-hybridized carbons (Fsp3) is 0.125. The van der Waals surface area contributed by atoms with Crippen LogP contribution in [0.3, 0.4) is 0 Å². The van der Waals surface area contributed by atoms with Crippen molar-refractivity contribution < 1.29 is 18.7 Å². The number of nitrogens with one attached hydrogen (secondary N) is 1. The molecule has 0 aliphatic carbocycles. The van der Waals surface area contributed by atoms with E-state index < -0.39 is 5.97 Å². The van der Waals surface area contributed by atoms with E-state index in [1.54, 1.807) is 31.2 Å². The number of rotatable bonds is 5. The molecule has 8 heteroatoms. The summed E-state index contributed by atoms with van der Waals surface area (Å²) in [5, 5.41) is 2.95. The van der Waals surface area contributed by atoms with Gasteiger partial charge in [0.25, 0.3) is 5.91 Å². The number of pyridine rings is 1. The van der Waals surface area contributed by atoms with Crippen LogP contribution in [-0.4, -0.2) is 28.5 Å². The minimum Gasteiger partial charge on any atom is -0.463 e. The van der Waals surface area contributed by atoms with Gasteiger partial charge in [0, 0.05) is 18.0 Å². The smallest absolute Gasteiger partial charge is 0.350 e. The zero-order valence-electron chi connectivity index (χ0n) is 12.7. The zero-order chi connectivity index (χ0) is 16.9. The van der Waals surface area contributed by atoms with Crippen LogP contribution in [-0.2, 0) is 4.74 Å². The summed E-state index contributed by atoms with van der Waals surface area (Å²) in [6.45, 7) is 1.96. The van der Waals surface area contributed by atoms with Gasteiger partial charge in [-0.15, -0.1) is 0 Å². The molecule has 0 radical (unpaired) electrons. The number of hydrogen-bond donors (Lipinski definition) is 1. The SMILES string of the molecule is CCOC(=O)c1sc(NC(=O)c2ccncc2)nc1-c1ccco1. The van der Waals surface area contributed by atoms with Crippen LogP contribution in [0.1, 0.15) is 27.0 Å². The monoisotopic (exact) mass is 343 g/mol. The maximum absolute atomic E-state index is 12.2. The zero-order valence-corrected chi connectivity index (χ0v) is 13.5. The first-order chi connectivity index (χ1) is 11.7. The molecule has 1 N–H and O–H groups in total. The Morgan fingerprint density at radius 2 is 2.08 bits per heavy atom. The van der Waals surface area contributed by atoms with Crippen molar-refractivity contribution in [3.8, 4) is 11.5 Å². The number of hydrogen-bond acceptors (Lipinski definition) is 7. The lowest BCUT2D eigenvalue weighted by atomic mass is 10.2. The molecule has 24 heavy (non-hydrogen) atoms. The number of aromatic nitrogens is 2. The number of carbonyl (C=O) groups excluding carboxylic acids is 2. The summed E-state index contributed by atoms with van der Waals surface area (Å²) in [4.78, 5) is 32.8. The molecule has 0 aromatic carbocycles. The van der Waals surface area contributed by atoms with Gasteiger partial charge in [0.15, 0.2) is 10.9 Å². The summed E-state index contributed by atoms with van der Waals surface area (Å²) in [5.41, 5.74) is 0.783. The van der Waals surface area contributed by atoms with Crippen LogP contribution < -0.4 is 5.32 Å². The number of thiazole rings is 1. The number of amides is 1. The largest absolute Gasteiger partial charge is 0.463 e. The van der Waals surface area contributed by atoms with Crippen molar-refractivity contribution in [1.82, 2.24) is 9.97 Å². The van der Waals surface area contributed by atoms with Gasteiger partial charge in [0.2, 0.25) is 0 Å². The van der Waals surface area contributed by atoms with E-state index in [9.17, 15) is 9.59 Å². The first kappa shape index (κ1) is 15.9. The topological polar surface area (TPSA) is 94.3 Å². The van der Waals surface area contributed by atoms with Crippen LogP contribution in [0.25, 0.3) is 11.5 Å². The van der Waals surface area contributed by atoms with Crippen molar-refractivity contribution in [3.63, 3.8) is 0 Å². The Hall–Kier alpha value is -3.00. The first-order valence-corrected chi connectivity index (χ1v) is 7.94. The van der Waals surface area contributed by atoms with Gasteiger partial charge >= 0.3 is 5.97 Å². The van der Waals surface area contributed by atoms with Crippen LogP contribution >= 0.6 is 11.3 Å². The number of carbonyl (C=O) groups is 2. The Kier molecular flexibility index (Phi) is 4.66. The quantitative estimate of drug-likeness (QED) is 0.715. The van der Waals surface area contributed by atoms with Gasteiger partial charge in [-0.05, 0) is 31.2 Å². The number of ether oxygens (including phenoxy) is 1. The van der Waals surface area contributed by atoms with E-state index in [0.717, 1.165) is 11.3 Å². The lowest BCUT2D eigenvalue weighted by Crippen LogP contribution is -2.11. The second-order valence-corrected chi connectivity index (χ2v) is 5.58. The summed E-state index contributed by atoms with van der Waals surface area (Å²) in [5.74, 6) is -0.419. The average Bonchev–Trinajstić information content (AvgIpc) is 3.25. The molecular formula is C16H13N3O4S. The minimum atomic E-state index is -0.509. The van der Waals surface area contributed by atoms with Crippen LogP contribution in [0, 0.1) is 0 Å². The molecule has 3 rings (SSSR count). The maximum atomic E-state index is 12.2. The Morgan fingerprint density at radius 3 is 2.75 bits per heavy atom. The fourth-order valence-electron chi connectivity index (χ4n) is 1.96. The summed E-state index contributed by atoms with van der Waals surface area (Å²) >= 11 is 1.04. The number of nitrogens with zero attached hydrogens (tertiary/aromatic N) is 2. The molecular weight excluding hydrogens is 330 g/mol. The van der Waals surface area contributed by atoms with Crippen LogP contribution in [0.5, 0.6) is 0 Å². The van der Waals surface area contributed by atoms with Crippen molar-refractivity contribution in [2.45, 2.75) is 6.92 Å². The molecule has 0 fully saturated rings. The van der Waals surface area contributed by atoms with E-state index >= 15 is 0 Å². The molecule has 3 aromatic rings. The minimum absolute atomic E-state index is 0.243. The Balaban J connectivity index is 1.90. The summed E-state index contributed by atoms with van der Waals surface area (Å²) in [6.07, 6.45) is 4.53. The van der Waals surface area contributed by atoms with Crippen molar-refractivity contribution in [2.75, 3.05) is 11.9 Å². The van der Waals surface area contributed by atoms with Gasteiger partial charge < -0.3 is 9.15 Å². The molecule has 0 saturated carbocycles. The Bertz CT molecular complexity index is 844. The maximum Gasteiger partial charge on any atom is 0.350 e. The van der Waals surface area contributed by atoms with Gasteiger partial charge in [0.1, 0.15) is 10.6 Å². The number of anilines is 1. The van der Waals surface area contributed by atoms with Crippen molar-refractivity contribution in [3.05, 3.63) is 53.4 Å². The highest BCUT2D eigenvalue weighted by atomic mass is 32.1. The Morgan fingerprint density at radius 1 is 1.29 bits per heavy atom. The molecule has 0 aliphatic heterocycles. The molecule has 122 valence electrons. The van der Waals surface area contributed by atoms with E-state index in [0.29, 0.717) is 17.0 Å². The highest BCUT2D eigenvalue weighted by molar-refractivity contribution is 7.18. The van der Waals surface area contributed by atoms with E-state index in [1.807, 2.05) is 0 Å². The molecule has 0 saturated heterocycles. The summed E-state index contributed by atoms with van der Waals surface area (Å²) in [6, 6.07) is 6.55. The van der Waals surface area contributed by atoms with E-state index in [-0.39, 0.29) is 22.5 Å². The normalized spacial score (nSPS) is 10.4. The third-order valence-corrected chi connectivity index (χ3v) is 3.96. The van der Waals surface area contributed by atoms with Gasteiger partial charge in [0.05, 0.1) is 12.9 Å². The Labute approximate surface area is 141 Å². The number of esters is 1. The molecule has 0 aliphatic rings. The van der Waals surface area contributed by atoms with E-state index in [2.05, 4.69) is 15.3 Å². The average molecular weight is 343 g/mol. The molecule has 0 atom stereocenters. The number of furan rings is 1. The molecule has 0 unspecified atom stereocenters. The molecule has 3 heterocycles. The second-order valence-electron chi connectivity index (χ2n) is 4.58. The van der Waals surface area contributed by atoms with Crippen molar-refractivity contribution in [2.24, 2.45) is 0 Å². The predicted molar refractivity (Wildman–Crippen MR) is 88.0 cm³/mol. The van der Waals surface area contributed by atoms with Gasteiger partial charge in [-0.3, -0.25) is 15.1 Å². The van der Waals surface area contributed by atoms with Gasteiger partial charge in [-0.25, -0.2) is 9.78 Å². The molecule has 7 nitrogen and oxygen atoms in total. The van der Waals surface area contributed by atoms with Crippen molar-refractivity contribution >= 4 is 28.3 Å². The molecule has 0 bridgehead atoms. The third-order valence-electron chi connectivity index (χ3n) is 3.01. The summed E-state index contributed by atoms with van der Waals surface area (Å²) in [7, 11) is 0. The lowest BCUT2D eigenvalue weighted by molar-refractivity contribution is 0.0532. The van der Waals surface area contributed by atoms with Crippen LogP contribution in [0.4, 0.5) is 5.13 Å².